The Morgan fingerprint density at radius 1 is 1.32 bits per heavy atom. The van der Waals surface area contributed by atoms with Gasteiger partial charge in [-0.1, -0.05) is 12.1 Å². The Labute approximate surface area is 136 Å². The number of nitrogens with zero attached hydrogens (tertiary/aromatic N) is 1. The van der Waals surface area contributed by atoms with E-state index in [4.69, 9.17) is 4.42 Å². The normalized spacial score (nSPS) is 12.3. The fourth-order valence-electron chi connectivity index (χ4n) is 2.15. The quantitative estimate of drug-likeness (QED) is 0.762. The van der Waals surface area contributed by atoms with Gasteiger partial charge in [0.25, 0.3) is 0 Å². The maximum absolute atomic E-state index is 12.2. The van der Waals surface area contributed by atoms with E-state index >= 15 is 0 Å². The fourth-order valence-corrected chi connectivity index (χ4v) is 3.53. The smallest absolute Gasteiger partial charge is 0.236 e. The summed E-state index contributed by atoms with van der Waals surface area (Å²) in [5.41, 5.74) is 0.694. The summed E-state index contributed by atoms with van der Waals surface area (Å²) < 4.78 is 5.66. The summed E-state index contributed by atoms with van der Waals surface area (Å²) in [6, 6.07) is 7.92. The van der Waals surface area contributed by atoms with Crippen molar-refractivity contribution in [3.63, 3.8) is 0 Å². The van der Waals surface area contributed by atoms with Gasteiger partial charge in [0, 0.05) is 4.88 Å². The Morgan fingerprint density at radius 2 is 2.09 bits per heavy atom. The summed E-state index contributed by atoms with van der Waals surface area (Å²) in [5, 5.41) is 6.98. The van der Waals surface area contributed by atoms with Crippen molar-refractivity contribution in [1.82, 2.24) is 10.3 Å². The molecule has 3 aromatic heterocycles. The van der Waals surface area contributed by atoms with E-state index < -0.39 is 0 Å². The number of hydrogen-bond donors (Lipinski definition) is 1. The number of carbonyl (C=O) groups is 1. The highest BCUT2D eigenvalue weighted by molar-refractivity contribution is 7.13. The van der Waals surface area contributed by atoms with Gasteiger partial charge in [-0.3, -0.25) is 4.79 Å². The van der Waals surface area contributed by atoms with Gasteiger partial charge >= 0.3 is 0 Å². The van der Waals surface area contributed by atoms with E-state index in [-0.39, 0.29) is 18.4 Å². The highest BCUT2D eigenvalue weighted by Crippen LogP contribution is 2.26. The van der Waals surface area contributed by atoms with Crippen LogP contribution in [0.25, 0.3) is 10.8 Å². The SMILES string of the molecule is Cc1oc(-c2cccs2)nc1CC(=O)N[C@H](C)c1cccs1. The molecule has 22 heavy (non-hydrogen) atoms. The molecule has 0 aliphatic heterocycles. The topological polar surface area (TPSA) is 55.1 Å². The zero-order valence-electron chi connectivity index (χ0n) is 12.3. The van der Waals surface area contributed by atoms with E-state index in [0.717, 1.165) is 9.75 Å². The Morgan fingerprint density at radius 3 is 2.77 bits per heavy atom. The Balaban J connectivity index is 1.67. The molecule has 0 radical (unpaired) electrons. The first-order valence-electron chi connectivity index (χ1n) is 6.96. The van der Waals surface area contributed by atoms with Crippen molar-refractivity contribution in [2.45, 2.75) is 26.3 Å². The molecular formula is C16H16N2O2S2. The number of oxazole rings is 1. The summed E-state index contributed by atoms with van der Waals surface area (Å²) in [6.07, 6.45) is 0.233. The standard InChI is InChI=1S/C16H16N2O2S2/c1-10(13-5-3-7-21-13)17-15(19)9-12-11(2)20-16(18-12)14-6-4-8-22-14/h3-8,10H,9H2,1-2H3,(H,17,19)/t10-/m1/s1. The van der Waals surface area contributed by atoms with Crippen molar-refractivity contribution in [2.75, 3.05) is 0 Å². The molecule has 3 aromatic rings. The minimum absolute atomic E-state index is 0.0106. The molecular weight excluding hydrogens is 316 g/mol. The molecule has 0 spiro atoms. The Bertz CT molecular complexity index is 745. The third kappa shape index (κ3) is 3.28. The second-order valence-corrected chi connectivity index (χ2v) is 6.91. The fraction of sp³-hybridized carbons (Fsp3) is 0.250. The predicted octanol–water partition coefficient (Wildman–Crippen LogP) is 4.19. The van der Waals surface area contributed by atoms with Crippen LogP contribution in [0.1, 0.15) is 29.3 Å². The number of aromatic nitrogens is 1. The van der Waals surface area contributed by atoms with Crippen molar-refractivity contribution < 1.29 is 9.21 Å². The molecule has 6 heteroatoms. The molecule has 0 saturated carbocycles. The predicted molar refractivity (Wildman–Crippen MR) is 89.1 cm³/mol. The van der Waals surface area contributed by atoms with Gasteiger partial charge in [-0.2, -0.15) is 0 Å². The summed E-state index contributed by atoms with van der Waals surface area (Å²) in [7, 11) is 0. The van der Waals surface area contributed by atoms with Gasteiger partial charge in [0.05, 0.1) is 23.0 Å². The molecule has 3 heterocycles. The molecule has 0 aliphatic carbocycles. The van der Waals surface area contributed by atoms with Crippen molar-refractivity contribution >= 4 is 28.6 Å². The van der Waals surface area contributed by atoms with Crippen LogP contribution in [0.5, 0.6) is 0 Å². The van der Waals surface area contributed by atoms with E-state index in [2.05, 4.69) is 10.3 Å². The summed E-state index contributed by atoms with van der Waals surface area (Å²) in [6.45, 7) is 3.83. The van der Waals surface area contributed by atoms with E-state index in [1.54, 1.807) is 22.7 Å². The van der Waals surface area contributed by atoms with Crippen molar-refractivity contribution in [3.05, 3.63) is 51.4 Å². The number of aryl methyl sites for hydroxylation is 1. The lowest BCUT2D eigenvalue weighted by molar-refractivity contribution is -0.121. The Kier molecular flexibility index (Phi) is 4.40. The lowest BCUT2D eigenvalue weighted by atomic mass is 10.2. The van der Waals surface area contributed by atoms with Gasteiger partial charge in [0.1, 0.15) is 5.76 Å². The van der Waals surface area contributed by atoms with Gasteiger partial charge in [-0.25, -0.2) is 4.98 Å². The molecule has 3 rings (SSSR count). The number of carbonyl (C=O) groups excluding carboxylic acids is 1. The minimum atomic E-state index is -0.0463. The van der Waals surface area contributed by atoms with E-state index in [9.17, 15) is 4.79 Å². The van der Waals surface area contributed by atoms with Crippen LogP contribution in [0.3, 0.4) is 0 Å². The number of hydrogen-bond acceptors (Lipinski definition) is 5. The first-order valence-corrected chi connectivity index (χ1v) is 8.72. The van der Waals surface area contributed by atoms with E-state index in [0.29, 0.717) is 17.3 Å². The van der Waals surface area contributed by atoms with Gasteiger partial charge in [0.2, 0.25) is 11.8 Å². The first kappa shape index (κ1) is 15.0. The van der Waals surface area contributed by atoms with Crippen LogP contribution in [0, 0.1) is 6.92 Å². The third-order valence-electron chi connectivity index (χ3n) is 3.30. The summed E-state index contributed by atoms with van der Waals surface area (Å²) in [5.74, 6) is 1.24. The number of amides is 1. The van der Waals surface area contributed by atoms with Crippen LogP contribution in [0.4, 0.5) is 0 Å². The molecule has 1 N–H and O–H groups in total. The number of thiophene rings is 2. The van der Waals surface area contributed by atoms with Crippen molar-refractivity contribution in [3.8, 4) is 10.8 Å². The molecule has 0 aliphatic rings. The molecule has 0 fully saturated rings. The maximum atomic E-state index is 12.2. The first-order chi connectivity index (χ1) is 10.6. The Hall–Kier alpha value is -1.92. The number of nitrogens with one attached hydrogen (secondary N) is 1. The van der Waals surface area contributed by atoms with Crippen LogP contribution in [-0.2, 0) is 11.2 Å². The van der Waals surface area contributed by atoms with Gasteiger partial charge in [-0.15, -0.1) is 22.7 Å². The number of rotatable bonds is 5. The average molecular weight is 332 g/mol. The van der Waals surface area contributed by atoms with Gasteiger partial charge < -0.3 is 9.73 Å². The zero-order chi connectivity index (χ0) is 15.5. The summed E-state index contributed by atoms with van der Waals surface area (Å²) >= 11 is 3.21. The lowest BCUT2D eigenvalue weighted by Gasteiger charge is -2.11. The zero-order valence-corrected chi connectivity index (χ0v) is 14.0. The summed E-state index contributed by atoms with van der Waals surface area (Å²) in [4.78, 5) is 18.7. The molecule has 4 nitrogen and oxygen atoms in total. The van der Waals surface area contributed by atoms with Crippen LogP contribution < -0.4 is 5.32 Å². The average Bonchev–Trinajstić information content (AvgIpc) is 3.19. The van der Waals surface area contributed by atoms with E-state index in [1.807, 2.05) is 48.9 Å². The van der Waals surface area contributed by atoms with Crippen molar-refractivity contribution in [1.29, 1.82) is 0 Å². The largest absolute Gasteiger partial charge is 0.440 e. The monoisotopic (exact) mass is 332 g/mol. The maximum Gasteiger partial charge on any atom is 0.236 e. The van der Waals surface area contributed by atoms with Gasteiger partial charge in [-0.05, 0) is 36.7 Å². The molecule has 0 bridgehead atoms. The van der Waals surface area contributed by atoms with Gasteiger partial charge in [0.15, 0.2) is 0 Å². The molecule has 0 saturated heterocycles. The highest BCUT2D eigenvalue weighted by Gasteiger charge is 2.17. The van der Waals surface area contributed by atoms with Crippen LogP contribution in [0.15, 0.2) is 39.4 Å². The van der Waals surface area contributed by atoms with Crippen molar-refractivity contribution in [2.24, 2.45) is 0 Å². The highest BCUT2D eigenvalue weighted by atomic mass is 32.1. The second-order valence-electron chi connectivity index (χ2n) is 4.98. The molecule has 1 amide bonds. The van der Waals surface area contributed by atoms with Crippen LogP contribution in [-0.4, -0.2) is 10.9 Å². The second kappa shape index (κ2) is 6.46. The van der Waals surface area contributed by atoms with E-state index in [1.165, 1.54) is 0 Å². The van der Waals surface area contributed by atoms with Crippen LogP contribution >= 0.6 is 22.7 Å². The third-order valence-corrected chi connectivity index (χ3v) is 5.21. The molecule has 0 unspecified atom stereocenters. The lowest BCUT2D eigenvalue weighted by Crippen LogP contribution is -2.27. The molecule has 1 atom stereocenters. The minimum Gasteiger partial charge on any atom is -0.440 e. The molecule has 0 aromatic carbocycles. The molecule has 114 valence electrons. The van der Waals surface area contributed by atoms with Crippen LogP contribution in [0.2, 0.25) is 0 Å².